The van der Waals surface area contributed by atoms with Gasteiger partial charge in [0.25, 0.3) is 0 Å². The molecule has 2 N–H and O–H groups in total. The average Bonchev–Trinajstić information content (AvgIpc) is 2.96. The molecule has 6 heteroatoms. The largest absolute Gasteiger partial charge is 0.445 e. The fourth-order valence-electron chi connectivity index (χ4n) is 3.63. The van der Waals surface area contributed by atoms with Crippen LogP contribution in [0.1, 0.15) is 18.1 Å². The molecule has 1 aliphatic carbocycles. The molecule has 4 nitrogen and oxygen atoms in total. The third kappa shape index (κ3) is 1.60. The Labute approximate surface area is 137 Å². The maximum absolute atomic E-state index is 12.0. The first-order valence-electron chi connectivity index (χ1n) is 7.07. The van der Waals surface area contributed by atoms with Crippen LogP contribution in [-0.4, -0.2) is 24.0 Å². The van der Waals surface area contributed by atoms with Crippen molar-refractivity contribution in [3.05, 3.63) is 45.1 Å². The van der Waals surface area contributed by atoms with Gasteiger partial charge in [-0.25, -0.2) is 4.79 Å². The number of halogens is 2. The zero-order chi connectivity index (χ0) is 15.6. The highest BCUT2D eigenvalue weighted by atomic mass is 35.5. The number of ether oxygens (including phenoxy) is 1. The first-order valence-corrected chi connectivity index (χ1v) is 7.82. The summed E-state index contributed by atoms with van der Waals surface area (Å²) in [6.07, 6.45) is 2.56. The van der Waals surface area contributed by atoms with Crippen molar-refractivity contribution in [3.8, 4) is 0 Å². The van der Waals surface area contributed by atoms with Gasteiger partial charge in [0.2, 0.25) is 0 Å². The molecule has 4 rings (SSSR count). The van der Waals surface area contributed by atoms with E-state index in [0.717, 1.165) is 22.0 Å². The number of nitrogens with one attached hydrogen (secondary N) is 2. The van der Waals surface area contributed by atoms with Gasteiger partial charge in [0.05, 0.1) is 16.6 Å². The standard InChI is InChI=1S/C16H14Cl2N2O2/c1-7-6-16(22-15(7)21)9-3-4-10(17)13-12(9)8(14(18)20-13)5-11(16)19-2/h3-4,6,11,19-20H,5H2,1-2H3/t11-,16+/m1/s1. The van der Waals surface area contributed by atoms with Crippen molar-refractivity contribution in [1.82, 2.24) is 10.3 Å². The predicted molar refractivity (Wildman–Crippen MR) is 86.4 cm³/mol. The summed E-state index contributed by atoms with van der Waals surface area (Å²) in [5.74, 6) is -0.284. The predicted octanol–water partition coefficient (Wildman–Crippen LogP) is 3.32. The maximum atomic E-state index is 12.0. The van der Waals surface area contributed by atoms with Crippen LogP contribution in [0.3, 0.4) is 0 Å². The number of carbonyl (C=O) groups excluding carboxylic acids is 1. The Hall–Kier alpha value is -1.49. The SMILES string of the molecule is CN[C@@H]1Cc2c(Cl)[nH]c3c(Cl)ccc(c23)[C@@]12C=C(C)C(=O)O2. The number of aromatic nitrogens is 1. The molecule has 1 aromatic carbocycles. The van der Waals surface area contributed by atoms with E-state index in [4.69, 9.17) is 27.9 Å². The second-order valence-electron chi connectivity index (χ2n) is 5.82. The number of aromatic amines is 1. The van der Waals surface area contributed by atoms with E-state index in [0.29, 0.717) is 22.2 Å². The molecule has 0 saturated heterocycles. The van der Waals surface area contributed by atoms with E-state index in [2.05, 4.69) is 10.3 Å². The van der Waals surface area contributed by atoms with Crippen LogP contribution < -0.4 is 5.32 Å². The molecule has 2 aromatic rings. The Morgan fingerprint density at radius 1 is 1.41 bits per heavy atom. The van der Waals surface area contributed by atoms with Crippen molar-refractivity contribution in [2.24, 2.45) is 0 Å². The smallest absolute Gasteiger partial charge is 0.334 e. The summed E-state index contributed by atoms with van der Waals surface area (Å²) in [7, 11) is 1.86. The van der Waals surface area contributed by atoms with Gasteiger partial charge in [-0.15, -0.1) is 0 Å². The number of likely N-dealkylation sites (N-methyl/N-ethyl adjacent to an activating group) is 1. The fourth-order valence-corrected chi connectivity index (χ4v) is 4.10. The quantitative estimate of drug-likeness (QED) is 0.785. The Kier molecular flexibility index (Phi) is 2.89. The number of hydrogen-bond donors (Lipinski definition) is 2. The molecule has 2 aliphatic rings. The minimum atomic E-state index is -0.808. The van der Waals surface area contributed by atoms with Crippen molar-refractivity contribution < 1.29 is 9.53 Å². The van der Waals surface area contributed by atoms with Crippen LogP contribution in [0.2, 0.25) is 10.2 Å². The normalized spacial score (nSPS) is 26.6. The molecule has 1 aliphatic heterocycles. The van der Waals surface area contributed by atoms with Crippen LogP contribution in [0.4, 0.5) is 0 Å². The number of hydrogen-bond acceptors (Lipinski definition) is 3. The second kappa shape index (κ2) is 4.51. The number of rotatable bonds is 1. The van der Waals surface area contributed by atoms with Crippen LogP contribution in [0.5, 0.6) is 0 Å². The number of carbonyl (C=O) groups is 1. The molecule has 114 valence electrons. The summed E-state index contributed by atoms with van der Waals surface area (Å²) in [5.41, 5.74) is 2.53. The first kappa shape index (κ1) is 14.1. The molecule has 0 bridgehead atoms. The lowest BCUT2D eigenvalue weighted by molar-refractivity contribution is -0.149. The summed E-state index contributed by atoms with van der Waals surface area (Å²) in [5, 5.41) is 5.42. The van der Waals surface area contributed by atoms with E-state index < -0.39 is 5.60 Å². The first-order chi connectivity index (χ1) is 10.5. The molecular weight excluding hydrogens is 323 g/mol. The van der Waals surface area contributed by atoms with E-state index in [1.54, 1.807) is 6.92 Å². The summed E-state index contributed by atoms with van der Waals surface area (Å²) in [6, 6.07) is 3.65. The molecule has 0 unspecified atom stereocenters. The Morgan fingerprint density at radius 2 is 2.18 bits per heavy atom. The molecule has 2 heterocycles. The van der Waals surface area contributed by atoms with E-state index in [9.17, 15) is 4.79 Å². The van der Waals surface area contributed by atoms with Gasteiger partial charge >= 0.3 is 5.97 Å². The molecule has 0 amide bonds. The van der Waals surface area contributed by atoms with Crippen LogP contribution in [0.25, 0.3) is 10.9 Å². The van der Waals surface area contributed by atoms with Gasteiger partial charge in [-0.1, -0.05) is 29.3 Å². The third-order valence-corrected chi connectivity index (χ3v) is 5.30. The molecule has 0 radical (unpaired) electrons. The minimum Gasteiger partial charge on any atom is -0.445 e. The summed E-state index contributed by atoms with van der Waals surface area (Å²) >= 11 is 12.6. The summed E-state index contributed by atoms with van der Waals surface area (Å²) in [6.45, 7) is 1.77. The van der Waals surface area contributed by atoms with Crippen molar-refractivity contribution in [2.45, 2.75) is 25.0 Å². The van der Waals surface area contributed by atoms with E-state index in [1.165, 1.54) is 0 Å². The number of fused-ring (bicyclic) bond motifs is 1. The Morgan fingerprint density at radius 3 is 2.82 bits per heavy atom. The van der Waals surface area contributed by atoms with Crippen molar-refractivity contribution in [2.75, 3.05) is 7.05 Å². The highest BCUT2D eigenvalue weighted by Crippen LogP contribution is 2.49. The molecule has 22 heavy (non-hydrogen) atoms. The van der Waals surface area contributed by atoms with Crippen molar-refractivity contribution in [3.63, 3.8) is 0 Å². The summed E-state index contributed by atoms with van der Waals surface area (Å²) in [4.78, 5) is 15.2. The molecule has 1 spiro atoms. The van der Waals surface area contributed by atoms with Gasteiger partial charge < -0.3 is 15.0 Å². The zero-order valence-corrected chi connectivity index (χ0v) is 13.6. The van der Waals surface area contributed by atoms with Gasteiger partial charge in [-0.2, -0.15) is 0 Å². The number of esters is 1. The van der Waals surface area contributed by atoms with Crippen molar-refractivity contribution in [1.29, 1.82) is 0 Å². The number of benzene rings is 1. The van der Waals surface area contributed by atoms with Crippen LogP contribution in [0, 0.1) is 0 Å². The second-order valence-corrected chi connectivity index (χ2v) is 6.60. The third-order valence-electron chi connectivity index (χ3n) is 4.67. The highest BCUT2D eigenvalue weighted by molar-refractivity contribution is 6.37. The van der Waals surface area contributed by atoms with E-state index >= 15 is 0 Å². The zero-order valence-electron chi connectivity index (χ0n) is 12.1. The molecular formula is C16H14Cl2N2O2. The van der Waals surface area contributed by atoms with Gasteiger partial charge in [0.1, 0.15) is 5.15 Å². The topological polar surface area (TPSA) is 54.1 Å². The van der Waals surface area contributed by atoms with Gasteiger partial charge in [-0.05, 0) is 38.1 Å². The monoisotopic (exact) mass is 336 g/mol. The maximum Gasteiger partial charge on any atom is 0.334 e. The van der Waals surface area contributed by atoms with Gasteiger partial charge in [-0.3, -0.25) is 0 Å². The van der Waals surface area contributed by atoms with Gasteiger partial charge in [0.15, 0.2) is 5.60 Å². The molecule has 0 saturated carbocycles. The Bertz CT molecular complexity index is 855. The average molecular weight is 337 g/mol. The lowest BCUT2D eigenvalue weighted by Crippen LogP contribution is -2.50. The van der Waals surface area contributed by atoms with Gasteiger partial charge in [0, 0.05) is 16.5 Å². The van der Waals surface area contributed by atoms with Crippen molar-refractivity contribution >= 4 is 40.1 Å². The van der Waals surface area contributed by atoms with E-state index in [-0.39, 0.29) is 12.0 Å². The minimum absolute atomic E-state index is 0.0842. The van der Waals surface area contributed by atoms with Crippen LogP contribution in [0.15, 0.2) is 23.8 Å². The highest BCUT2D eigenvalue weighted by Gasteiger charge is 2.50. The molecule has 2 atom stereocenters. The van der Waals surface area contributed by atoms with Crippen LogP contribution >= 0.6 is 23.2 Å². The summed E-state index contributed by atoms with van der Waals surface area (Å²) < 4.78 is 5.81. The lowest BCUT2D eigenvalue weighted by atomic mass is 9.76. The lowest BCUT2D eigenvalue weighted by Gasteiger charge is -2.39. The molecule has 0 fully saturated rings. The molecule has 1 aromatic heterocycles. The fraction of sp³-hybridized carbons (Fsp3) is 0.312. The number of H-pyrrole nitrogens is 1. The Balaban J connectivity index is 2.10. The van der Waals surface area contributed by atoms with E-state index in [1.807, 2.05) is 25.3 Å². The van der Waals surface area contributed by atoms with Crippen LogP contribution in [-0.2, 0) is 21.6 Å².